The minimum atomic E-state index is -0.803. The number of hydrogen-bond acceptors (Lipinski definition) is 5. The highest BCUT2D eigenvalue weighted by Gasteiger charge is 2.40. The lowest BCUT2D eigenvalue weighted by Gasteiger charge is -2.26. The third-order valence-electron chi connectivity index (χ3n) is 3.54. The zero-order valence-electron chi connectivity index (χ0n) is 10.8. The van der Waals surface area contributed by atoms with Crippen LogP contribution in [-0.2, 0) is 4.74 Å². The predicted octanol–water partition coefficient (Wildman–Crippen LogP) is -0.732. The van der Waals surface area contributed by atoms with Crippen LogP contribution in [0.3, 0.4) is 0 Å². The molecule has 1 fully saturated rings. The van der Waals surface area contributed by atoms with Crippen molar-refractivity contribution < 1.29 is 14.9 Å². The van der Waals surface area contributed by atoms with Crippen LogP contribution in [-0.4, -0.2) is 38.6 Å². The number of aryl methyl sites for hydroxylation is 1. The van der Waals surface area contributed by atoms with E-state index in [0.29, 0.717) is 24.8 Å². The number of aliphatic hydroxyl groups excluding tert-OH is 2. The van der Waals surface area contributed by atoms with Gasteiger partial charge < -0.3 is 14.9 Å². The van der Waals surface area contributed by atoms with E-state index in [2.05, 4.69) is 4.98 Å². The molecule has 0 unspecified atom stereocenters. The Morgan fingerprint density at radius 2 is 2.26 bits per heavy atom. The van der Waals surface area contributed by atoms with E-state index in [1.54, 1.807) is 6.92 Å². The van der Waals surface area contributed by atoms with Crippen LogP contribution < -0.4 is 11.2 Å². The molecular formula is C12H18N2O5. The van der Waals surface area contributed by atoms with Gasteiger partial charge in [0.25, 0.3) is 5.56 Å². The van der Waals surface area contributed by atoms with Crippen LogP contribution in [0.25, 0.3) is 0 Å². The van der Waals surface area contributed by atoms with Crippen molar-refractivity contribution in [1.82, 2.24) is 9.55 Å². The third-order valence-corrected chi connectivity index (χ3v) is 3.54. The summed E-state index contributed by atoms with van der Waals surface area (Å²) in [6.07, 6.45) is 2.35. The zero-order chi connectivity index (χ0) is 14.0. The van der Waals surface area contributed by atoms with Gasteiger partial charge in [0.1, 0.15) is 6.23 Å². The van der Waals surface area contributed by atoms with Gasteiger partial charge in [0.05, 0.1) is 12.2 Å². The Hall–Kier alpha value is -1.44. The van der Waals surface area contributed by atoms with Crippen LogP contribution >= 0.6 is 0 Å². The third kappa shape index (κ3) is 2.63. The van der Waals surface area contributed by atoms with Crippen molar-refractivity contribution in [2.45, 2.75) is 38.0 Å². The molecular weight excluding hydrogens is 252 g/mol. The van der Waals surface area contributed by atoms with Crippen molar-refractivity contribution in [2.75, 3.05) is 13.2 Å². The van der Waals surface area contributed by atoms with Crippen LogP contribution in [0, 0.1) is 6.92 Å². The number of H-pyrrole nitrogens is 1. The smallest absolute Gasteiger partial charge is 0.330 e. The molecule has 7 heteroatoms. The normalized spacial score (nSPS) is 26.8. The number of nitrogens with one attached hydrogen (secondary N) is 1. The Morgan fingerprint density at radius 3 is 2.89 bits per heavy atom. The molecule has 19 heavy (non-hydrogen) atoms. The second kappa shape index (κ2) is 5.28. The number of ether oxygens (including phenoxy) is 1. The highest BCUT2D eigenvalue weighted by atomic mass is 16.5. The number of hydrogen-bond donors (Lipinski definition) is 3. The monoisotopic (exact) mass is 270 g/mol. The standard InChI is InChI=1S/C12H18N2O5/c1-8-6-14(11(18)13-10(8)17)9-2-3-12(7-16,19-9)4-5-15/h6,9,15-16H,2-5,7H2,1H3,(H,13,17,18)/t9-,12-/m1/s1. The molecule has 2 heterocycles. The fourth-order valence-corrected chi connectivity index (χ4v) is 2.37. The average molecular weight is 270 g/mol. The van der Waals surface area contributed by atoms with E-state index in [1.807, 2.05) is 0 Å². The van der Waals surface area contributed by atoms with Crippen molar-refractivity contribution >= 4 is 0 Å². The number of nitrogens with zero attached hydrogens (tertiary/aromatic N) is 1. The lowest BCUT2D eigenvalue weighted by atomic mass is 9.97. The van der Waals surface area contributed by atoms with E-state index in [-0.39, 0.29) is 13.2 Å². The van der Waals surface area contributed by atoms with Crippen LogP contribution in [0.1, 0.15) is 31.1 Å². The highest BCUT2D eigenvalue weighted by Crippen LogP contribution is 2.37. The Kier molecular flexibility index (Phi) is 3.88. The van der Waals surface area contributed by atoms with Crippen molar-refractivity contribution in [3.63, 3.8) is 0 Å². The topological polar surface area (TPSA) is 105 Å². The summed E-state index contributed by atoms with van der Waals surface area (Å²) in [5.74, 6) is 0. The van der Waals surface area contributed by atoms with E-state index in [4.69, 9.17) is 9.84 Å². The lowest BCUT2D eigenvalue weighted by molar-refractivity contribution is -0.108. The molecule has 1 saturated heterocycles. The molecule has 1 aromatic heterocycles. The first-order valence-corrected chi connectivity index (χ1v) is 6.23. The first-order valence-electron chi connectivity index (χ1n) is 6.23. The van der Waals surface area contributed by atoms with Gasteiger partial charge in [0.2, 0.25) is 0 Å². The summed E-state index contributed by atoms with van der Waals surface area (Å²) in [5.41, 5.74) is -1.32. The molecule has 2 rings (SSSR count). The molecule has 0 amide bonds. The molecule has 0 bridgehead atoms. The molecule has 106 valence electrons. The Balaban J connectivity index is 2.28. The molecule has 0 aromatic carbocycles. The van der Waals surface area contributed by atoms with Crippen LogP contribution in [0.4, 0.5) is 0 Å². The van der Waals surface area contributed by atoms with Gasteiger partial charge in [0, 0.05) is 24.8 Å². The largest absolute Gasteiger partial charge is 0.396 e. The molecule has 0 aliphatic carbocycles. The molecule has 1 aromatic rings. The summed E-state index contributed by atoms with van der Waals surface area (Å²) in [4.78, 5) is 25.3. The van der Waals surface area contributed by atoms with Gasteiger partial charge in [-0.05, 0) is 19.8 Å². The predicted molar refractivity (Wildman–Crippen MR) is 66.9 cm³/mol. The van der Waals surface area contributed by atoms with Crippen LogP contribution in [0.5, 0.6) is 0 Å². The summed E-state index contributed by atoms with van der Waals surface area (Å²) in [6, 6.07) is 0. The maximum absolute atomic E-state index is 11.8. The van der Waals surface area contributed by atoms with Gasteiger partial charge in [-0.3, -0.25) is 14.3 Å². The van der Waals surface area contributed by atoms with E-state index in [1.165, 1.54) is 10.8 Å². The van der Waals surface area contributed by atoms with Gasteiger partial charge in [-0.1, -0.05) is 0 Å². The fourth-order valence-electron chi connectivity index (χ4n) is 2.37. The van der Waals surface area contributed by atoms with E-state index in [0.717, 1.165) is 0 Å². The number of aromatic nitrogens is 2. The summed E-state index contributed by atoms with van der Waals surface area (Å²) in [6.45, 7) is 1.31. The summed E-state index contributed by atoms with van der Waals surface area (Å²) >= 11 is 0. The number of rotatable bonds is 4. The second-order valence-electron chi connectivity index (χ2n) is 4.90. The molecule has 1 aliphatic heterocycles. The lowest BCUT2D eigenvalue weighted by Crippen LogP contribution is -2.37. The minimum absolute atomic E-state index is 0.0904. The quantitative estimate of drug-likeness (QED) is 0.669. The summed E-state index contributed by atoms with van der Waals surface area (Å²) in [5, 5.41) is 18.4. The van der Waals surface area contributed by atoms with E-state index >= 15 is 0 Å². The maximum Gasteiger partial charge on any atom is 0.330 e. The number of aromatic amines is 1. The molecule has 1 aliphatic rings. The van der Waals surface area contributed by atoms with Crippen LogP contribution in [0.2, 0.25) is 0 Å². The summed E-state index contributed by atoms with van der Waals surface area (Å²) in [7, 11) is 0. The molecule has 2 atom stereocenters. The average Bonchev–Trinajstić information content (AvgIpc) is 2.79. The Labute approximate surface area is 109 Å². The second-order valence-corrected chi connectivity index (χ2v) is 4.90. The first-order chi connectivity index (χ1) is 9.01. The molecule has 7 nitrogen and oxygen atoms in total. The maximum atomic E-state index is 11.8. The highest BCUT2D eigenvalue weighted by molar-refractivity contribution is 5.02. The molecule has 3 N–H and O–H groups in total. The van der Waals surface area contributed by atoms with Crippen molar-refractivity contribution in [3.8, 4) is 0 Å². The number of aliphatic hydroxyl groups is 2. The fraction of sp³-hybridized carbons (Fsp3) is 0.667. The van der Waals surface area contributed by atoms with Crippen LogP contribution in [0.15, 0.2) is 15.8 Å². The van der Waals surface area contributed by atoms with Crippen molar-refractivity contribution in [3.05, 3.63) is 32.6 Å². The Morgan fingerprint density at radius 1 is 1.53 bits per heavy atom. The zero-order valence-corrected chi connectivity index (χ0v) is 10.8. The molecule has 0 radical (unpaired) electrons. The van der Waals surface area contributed by atoms with Gasteiger partial charge in [0.15, 0.2) is 0 Å². The van der Waals surface area contributed by atoms with E-state index in [9.17, 15) is 14.7 Å². The Bertz CT molecular complexity index is 564. The van der Waals surface area contributed by atoms with Gasteiger partial charge in [-0.15, -0.1) is 0 Å². The van der Waals surface area contributed by atoms with Gasteiger partial charge in [-0.2, -0.15) is 0 Å². The first kappa shape index (κ1) is 14.0. The van der Waals surface area contributed by atoms with E-state index < -0.39 is 23.1 Å². The molecule has 0 saturated carbocycles. The van der Waals surface area contributed by atoms with Gasteiger partial charge >= 0.3 is 5.69 Å². The summed E-state index contributed by atoms with van der Waals surface area (Å²) < 4.78 is 7.06. The minimum Gasteiger partial charge on any atom is -0.396 e. The van der Waals surface area contributed by atoms with Crippen molar-refractivity contribution in [1.29, 1.82) is 0 Å². The van der Waals surface area contributed by atoms with Crippen molar-refractivity contribution in [2.24, 2.45) is 0 Å². The SMILES string of the molecule is Cc1cn([C@H]2CC[C@](CO)(CCO)O2)c(=O)[nH]c1=O. The molecule has 0 spiro atoms. The van der Waals surface area contributed by atoms with Gasteiger partial charge in [-0.25, -0.2) is 4.79 Å².